The quantitative estimate of drug-likeness (QED) is 0.644. The highest BCUT2D eigenvalue weighted by molar-refractivity contribution is 6.09. The molecule has 6 nitrogen and oxygen atoms in total. The summed E-state index contributed by atoms with van der Waals surface area (Å²) >= 11 is 0. The van der Waals surface area contributed by atoms with Crippen molar-refractivity contribution in [3.63, 3.8) is 0 Å². The van der Waals surface area contributed by atoms with Gasteiger partial charge in [-0.05, 0) is 54.5 Å². The number of anilines is 2. The molecule has 1 saturated carbocycles. The molecule has 2 heterocycles. The highest BCUT2D eigenvalue weighted by atomic mass is 16.5. The Labute approximate surface area is 176 Å². The molecule has 1 atom stereocenters. The van der Waals surface area contributed by atoms with Crippen molar-refractivity contribution in [3.8, 4) is 5.75 Å². The standard InChI is InChI=1S/C24H26N4O2/c25-13-19(14-26)17-3-6-20(7-4-17)28-10-9-24(23(28)29)12-18-5-8-21(11-22(18)27-24)30-15-16-1-2-16/h3-8,11,13-14,16,25,27H,1-2,9-10,12,15,26H2. The first kappa shape index (κ1) is 18.7. The van der Waals surface area contributed by atoms with E-state index in [-0.39, 0.29) is 5.91 Å². The third-order valence-corrected chi connectivity index (χ3v) is 6.39. The van der Waals surface area contributed by atoms with Gasteiger partial charge in [-0.1, -0.05) is 18.2 Å². The molecule has 2 fully saturated rings. The molecule has 2 aromatic carbocycles. The van der Waals surface area contributed by atoms with E-state index in [1.54, 1.807) is 0 Å². The number of benzene rings is 2. The van der Waals surface area contributed by atoms with E-state index in [0.717, 1.165) is 35.7 Å². The maximum Gasteiger partial charge on any atom is 0.253 e. The maximum absolute atomic E-state index is 13.4. The molecular weight excluding hydrogens is 376 g/mol. The Bertz CT molecular complexity index is 1030. The van der Waals surface area contributed by atoms with Crippen LogP contribution in [0.1, 0.15) is 30.4 Å². The Kier molecular flexibility index (Phi) is 4.50. The highest BCUT2D eigenvalue weighted by Crippen LogP contribution is 2.42. The number of fused-ring (bicyclic) bond motifs is 1. The normalized spacial score (nSPS) is 22.9. The number of hydrogen-bond acceptors (Lipinski definition) is 5. The second-order valence-electron chi connectivity index (χ2n) is 8.48. The smallest absolute Gasteiger partial charge is 0.253 e. The molecule has 154 valence electrons. The lowest BCUT2D eigenvalue weighted by Gasteiger charge is -2.24. The zero-order chi connectivity index (χ0) is 20.7. The Morgan fingerprint density at radius 3 is 2.77 bits per heavy atom. The largest absolute Gasteiger partial charge is 0.493 e. The molecule has 1 spiro atoms. The van der Waals surface area contributed by atoms with Gasteiger partial charge in [0, 0.05) is 48.4 Å². The third kappa shape index (κ3) is 3.22. The predicted octanol–water partition coefficient (Wildman–Crippen LogP) is 3.57. The van der Waals surface area contributed by atoms with Gasteiger partial charge in [0.05, 0.1) is 6.61 Å². The summed E-state index contributed by atoms with van der Waals surface area (Å²) in [7, 11) is 0. The second-order valence-corrected chi connectivity index (χ2v) is 8.48. The van der Waals surface area contributed by atoms with Crippen LogP contribution in [0.2, 0.25) is 0 Å². The highest BCUT2D eigenvalue weighted by Gasteiger charge is 2.50. The summed E-state index contributed by atoms with van der Waals surface area (Å²) in [6.45, 7) is 1.46. The summed E-state index contributed by atoms with van der Waals surface area (Å²) < 4.78 is 5.91. The number of carbonyl (C=O) groups is 1. The van der Waals surface area contributed by atoms with E-state index in [1.807, 2.05) is 41.3 Å². The fourth-order valence-corrected chi connectivity index (χ4v) is 4.40. The van der Waals surface area contributed by atoms with Crippen molar-refractivity contribution in [2.45, 2.75) is 31.2 Å². The van der Waals surface area contributed by atoms with Gasteiger partial charge in [0.25, 0.3) is 5.91 Å². The minimum Gasteiger partial charge on any atom is -0.493 e. The third-order valence-electron chi connectivity index (χ3n) is 6.39. The topological polar surface area (TPSA) is 91.4 Å². The summed E-state index contributed by atoms with van der Waals surface area (Å²) in [5.41, 5.74) is 9.56. The molecule has 6 heteroatoms. The number of rotatable bonds is 6. The van der Waals surface area contributed by atoms with Crippen molar-refractivity contribution >= 4 is 29.1 Å². The van der Waals surface area contributed by atoms with Gasteiger partial charge in [-0.25, -0.2) is 0 Å². The average Bonchev–Trinajstić information content (AvgIpc) is 3.45. The number of nitrogens with zero attached hydrogens (tertiary/aromatic N) is 1. The number of hydrogen-bond donors (Lipinski definition) is 3. The van der Waals surface area contributed by atoms with E-state index in [2.05, 4.69) is 11.4 Å². The van der Waals surface area contributed by atoms with Crippen LogP contribution in [0.3, 0.4) is 0 Å². The molecule has 0 aromatic heterocycles. The number of nitrogens with two attached hydrogens (primary N) is 1. The van der Waals surface area contributed by atoms with Crippen LogP contribution in [-0.4, -0.2) is 30.8 Å². The minimum absolute atomic E-state index is 0.105. The molecular formula is C24H26N4O2. The molecule has 1 aliphatic carbocycles. The van der Waals surface area contributed by atoms with E-state index < -0.39 is 5.54 Å². The monoisotopic (exact) mass is 402 g/mol. The minimum atomic E-state index is -0.576. The second kappa shape index (κ2) is 7.20. The average molecular weight is 402 g/mol. The van der Waals surface area contributed by atoms with Crippen LogP contribution >= 0.6 is 0 Å². The van der Waals surface area contributed by atoms with E-state index in [4.69, 9.17) is 15.9 Å². The Morgan fingerprint density at radius 1 is 1.27 bits per heavy atom. The van der Waals surface area contributed by atoms with E-state index >= 15 is 0 Å². The zero-order valence-electron chi connectivity index (χ0n) is 16.9. The number of amides is 1. The number of nitrogens with one attached hydrogen (secondary N) is 2. The summed E-state index contributed by atoms with van der Waals surface area (Å²) in [5, 5.41) is 11.0. The lowest BCUT2D eigenvalue weighted by molar-refractivity contribution is -0.120. The van der Waals surface area contributed by atoms with Crippen LogP contribution in [0.4, 0.5) is 11.4 Å². The van der Waals surface area contributed by atoms with E-state index in [1.165, 1.54) is 30.8 Å². The molecule has 0 radical (unpaired) electrons. The fourth-order valence-electron chi connectivity index (χ4n) is 4.40. The van der Waals surface area contributed by atoms with Crippen LogP contribution in [-0.2, 0) is 11.2 Å². The number of carbonyl (C=O) groups excluding carboxylic acids is 1. The van der Waals surface area contributed by atoms with Crippen LogP contribution in [0.25, 0.3) is 5.57 Å². The van der Waals surface area contributed by atoms with Crippen molar-refractivity contribution in [1.29, 1.82) is 5.41 Å². The van der Waals surface area contributed by atoms with E-state index in [9.17, 15) is 4.79 Å². The molecule has 1 amide bonds. The van der Waals surface area contributed by atoms with Gasteiger partial charge in [0.15, 0.2) is 0 Å². The molecule has 1 saturated heterocycles. The lowest BCUT2D eigenvalue weighted by Crippen LogP contribution is -2.45. The maximum atomic E-state index is 13.4. The molecule has 3 aliphatic rings. The van der Waals surface area contributed by atoms with Gasteiger partial charge in [-0.15, -0.1) is 0 Å². The zero-order valence-corrected chi connectivity index (χ0v) is 16.9. The molecule has 2 aliphatic heterocycles. The molecule has 2 aromatic rings. The molecule has 1 unspecified atom stereocenters. The van der Waals surface area contributed by atoms with Crippen LogP contribution in [0.15, 0.2) is 48.7 Å². The molecule has 4 N–H and O–H groups in total. The van der Waals surface area contributed by atoms with Gasteiger partial charge in [0.1, 0.15) is 11.3 Å². The van der Waals surface area contributed by atoms with Crippen LogP contribution < -0.4 is 20.7 Å². The first-order valence-corrected chi connectivity index (χ1v) is 10.5. The molecule has 30 heavy (non-hydrogen) atoms. The van der Waals surface area contributed by atoms with Crippen molar-refractivity contribution in [1.82, 2.24) is 0 Å². The van der Waals surface area contributed by atoms with Crippen molar-refractivity contribution in [3.05, 3.63) is 59.8 Å². The summed E-state index contributed by atoms with van der Waals surface area (Å²) in [5.74, 6) is 1.69. The summed E-state index contributed by atoms with van der Waals surface area (Å²) in [6.07, 6.45) is 6.64. The Hall–Kier alpha value is -3.28. The SMILES string of the molecule is N=CC(=CN)c1ccc(N2CCC3(Cc4ccc(OCC5CC5)cc4N3)C2=O)cc1. The van der Waals surface area contributed by atoms with Crippen molar-refractivity contribution in [2.24, 2.45) is 11.7 Å². The van der Waals surface area contributed by atoms with Gasteiger partial charge in [-0.2, -0.15) is 0 Å². The lowest BCUT2D eigenvalue weighted by atomic mass is 9.93. The number of ether oxygens (including phenoxy) is 1. The summed E-state index contributed by atoms with van der Waals surface area (Å²) in [4.78, 5) is 15.3. The van der Waals surface area contributed by atoms with Crippen molar-refractivity contribution < 1.29 is 9.53 Å². The Morgan fingerprint density at radius 2 is 2.07 bits per heavy atom. The van der Waals surface area contributed by atoms with Crippen LogP contribution in [0, 0.1) is 11.3 Å². The first-order valence-electron chi connectivity index (χ1n) is 10.5. The van der Waals surface area contributed by atoms with Crippen molar-refractivity contribution in [2.75, 3.05) is 23.4 Å². The first-order chi connectivity index (χ1) is 14.6. The van der Waals surface area contributed by atoms with Crippen LogP contribution in [0.5, 0.6) is 5.75 Å². The molecule has 0 bridgehead atoms. The van der Waals surface area contributed by atoms with Gasteiger partial charge in [-0.3, -0.25) is 4.79 Å². The summed E-state index contributed by atoms with van der Waals surface area (Å²) in [6, 6.07) is 13.8. The van der Waals surface area contributed by atoms with Gasteiger partial charge in [0.2, 0.25) is 0 Å². The number of allylic oxidation sites excluding steroid dienone is 1. The molecule has 5 rings (SSSR count). The predicted molar refractivity (Wildman–Crippen MR) is 119 cm³/mol. The van der Waals surface area contributed by atoms with Gasteiger partial charge < -0.3 is 26.1 Å². The fraction of sp³-hybridized carbons (Fsp3) is 0.333. The van der Waals surface area contributed by atoms with E-state index in [0.29, 0.717) is 24.5 Å². The Balaban J connectivity index is 1.32. The van der Waals surface area contributed by atoms with Gasteiger partial charge >= 0.3 is 0 Å².